The molecule has 0 saturated carbocycles. The second kappa shape index (κ2) is 6.80. The molecule has 1 unspecified atom stereocenters. The Morgan fingerprint density at radius 1 is 1.43 bits per heavy atom. The summed E-state index contributed by atoms with van der Waals surface area (Å²) in [5.74, 6) is 0.517. The maximum atomic E-state index is 12.9. The quantitative estimate of drug-likeness (QED) is 0.863. The van der Waals surface area contributed by atoms with Crippen molar-refractivity contribution >= 4 is 11.6 Å². The predicted molar refractivity (Wildman–Crippen MR) is 84.6 cm³/mol. The van der Waals surface area contributed by atoms with Crippen LogP contribution in [0.5, 0.6) is 5.75 Å². The summed E-state index contributed by atoms with van der Waals surface area (Å²) in [6, 6.07) is 5.55. The number of rotatable bonds is 3. The number of amides is 1. The molecule has 116 valence electrons. The molecule has 21 heavy (non-hydrogen) atoms. The number of carbonyl (C=O) groups is 1. The van der Waals surface area contributed by atoms with Crippen LogP contribution < -0.4 is 10.5 Å². The minimum Gasteiger partial charge on any atom is -0.491 e. The minimum atomic E-state index is 0.00792. The summed E-state index contributed by atoms with van der Waals surface area (Å²) in [7, 11) is 2.09. The lowest BCUT2D eigenvalue weighted by Crippen LogP contribution is -2.42. The second-order valence-corrected chi connectivity index (χ2v) is 5.62. The van der Waals surface area contributed by atoms with Crippen molar-refractivity contribution in [3.05, 3.63) is 23.8 Å². The van der Waals surface area contributed by atoms with E-state index in [1.165, 1.54) is 0 Å². The highest BCUT2D eigenvalue weighted by Gasteiger charge is 2.27. The first-order valence-electron chi connectivity index (χ1n) is 7.55. The first kappa shape index (κ1) is 15.6. The lowest BCUT2D eigenvalue weighted by Gasteiger charge is -2.29. The molecule has 1 atom stereocenters. The lowest BCUT2D eigenvalue weighted by atomic mass is 10.1. The molecule has 2 rings (SSSR count). The van der Waals surface area contributed by atoms with Gasteiger partial charge in [0.25, 0.3) is 5.91 Å². The molecule has 1 aromatic rings. The van der Waals surface area contributed by atoms with Crippen LogP contribution in [0.2, 0.25) is 0 Å². The number of carbonyl (C=O) groups excluding carboxylic acids is 1. The summed E-state index contributed by atoms with van der Waals surface area (Å²) < 4.78 is 5.58. The van der Waals surface area contributed by atoms with Gasteiger partial charge in [0.05, 0.1) is 17.9 Å². The van der Waals surface area contributed by atoms with Gasteiger partial charge in [-0.1, -0.05) is 6.07 Å². The van der Waals surface area contributed by atoms with Crippen molar-refractivity contribution in [3.8, 4) is 5.75 Å². The number of nitrogens with two attached hydrogens (primary N) is 1. The summed E-state index contributed by atoms with van der Waals surface area (Å²) in [5, 5.41) is 0. The highest BCUT2D eigenvalue weighted by molar-refractivity contribution is 5.98. The van der Waals surface area contributed by atoms with Gasteiger partial charge in [-0.25, -0.2) is 0 Å². The summed E-state index contributed by atoms with van der Waals surface area (Å²) in [6.07, 6.45) is 0.985. The number of nitrogen functional groups attached to an aromatic ring is 1. The van der Waals surface area contributed by atoms with Gasteiger partial charge in [-0.2, -0.15) is 0 Å². The van der Waals surface area contributed by atoms with Crippen molar-refractivity contribution in [1.82, 2.24) is 9.80 Å². The zero-order valence-electron chi connectivity index (χ0n) is 13.1. The van der Waals surface area contributed by atoms with E-state index >= 15 is 0 Å². The molecule has 5 nitrogen and oxygen atoms in total. The summed E-state index contributed by atoms with van der Waals surface area (Å²) in [5.41, 5.74) is 7.04. The van der Waals surface area contributed by atoms with E-state index in [1.807, 2.05) is 11.8 Å². The maximum Gasteiger partial charge on any atom is 0.257 e. The van der Waals surface area contributed by atoms with Gasteiger partial charge >= 0.3 is 0 Å². The highest BCUT2D eigenvalue weighted by Crippen LogP contribution is 2.28. The summed E-state index contributed by atoms with van der Waals surface area (Å²) >= 11 is 0. The summed E-state index contributed by atoms with van der Waals surface area (Å²) in [4.78, 5) is 17.1. The van der Waals surface area contributed by atoms with Gasteiger partial charge in [-0.15, -0.1) is 0 Å². The van der Waals surface area contributed by atoms with Gasteiger partial charge in [-0.05, 0) is 46.0 Å². The molecule has 0 aromatic heterocycles. The molecule has 1 aliphatic heterocycles. The van der Waals surface area contributed by atoms with E-state index in [0.717, 1.165) is 26.1 Å². The largest absolute Gasteiger partial charge is 0.491 e. The number of hydrogen-bond donors (Lipinski definition) is 1. The normalized spacial score (nSPS) is 20.1. The molecular weight excluding hydrogens is 266 g/mol. The van der Waals surface area contributed by atoms with E-state index in [0.29, 0.717) is 23.6 Å². The molecule has 0 bridgehead atoms. The lowest BCUT2D eigenvalue weighted by molar-refractivity contribution is 0.0692. The van der Waals surface area contributed by atoms with Crippen molar-refractivity contribution in [2.75, 3.05) is 39.0 Å². The Morgan fingerprint density at radius 2 is 2.19 bits per heavy atom. The fraction of sp³-hybridized carbons (Fsp3) is 0.562. The molecule has 0 radical (unpaired) electrons. The Morgan fingerprint density at radius 3 is 2.90 bits per heavy atom. The Bertz CT molecular complexity index is 504. The van der Waals surface area contributed by atoms with Crippen LogP contribution in [0.3, 0.4) is 0 Å². The van der Waals surface area contributed by atoms with E-state index in [-0.39, 0.29) is 11.9 Å². The average Bonchev–Trinajstić information content (AvgIpc) is 2.61. The zero-order chi connectivity index (χ0) is 15.4. The maximum absolute atomic E-state index is 12.9. The number of likely N-dealkylation sites (N-methyl/N-ethyl adjacent to an activating group) is 1. The van der Waals surface area contributed by atoms with Crippen molar-refractivity contribution in [2.45, 2.75) is 26.3 Å². The molecule has 1 fully saturated rings. The Labute approximate surface area is 126 Å². The molecule has 1 amide bonds. The van der Waals surface area contributed by atoms with Crippen molar-refractivity contribution in [2.24, 2.45) is 0 Å². The smallest absolute Gasteiger partial charge is 0.257 e. The fourth-order valence-corrected chi connectivity index (χ4v) is 2.86. The van der Waals surface area contributed by atoms with Crippen molar-refractivity contribution in [1.29, 1.82) is 0 Å². The molecule has 2 N–H and O–H groups in total. The number of anilines is 1. The van der Waals surface area contributed by atoms with Gasteiger partial charge in [0, 0.05) is 19.1 Å². The molecule has 0 aliphatic carbocycles. The summed E-state index contributed by atoms with van der Waals surface area (Å²) in [6.45, 7) is 7.15. The molecule has 1 saturated heterocycles. The van der Waals surface area contributed by atoms with E-state index in [2.05, 4.69) is 18.9 Å². The van der Waals surface area contributed by atoms with E-state index < -0.39 is 0 Å². The van der Waals surface area contributed by atoms with Crippen LogP contribution in [-0.2, 0) is 0 Å². The van der Waals surface area contributed by atoms with Crippen molar-refractivity contribution < 1.29 is 9.53 Å². The van der Waals surface area contributed by atoms with E-state index in [1.54, 1.807) is 18.2 Å². The minimum absolute atomic E-state index is 0.00792. The molecule has 1 aromatic carbocycles. The van der Waals surface area contributed by atoms with Gasteiger partial charge in [0.15, 0.2) is 5.75 Å². The number of benzene rings is 1. The number of hydrogen-bond acceptors (Lipinski definition) is 4. The molecule has 5 heteroatoms. The van der Waals surface area contributed by atoms with E-state index in [4.69, 9.17) is 10.5 Å². The second-order valence-electron chi connectivity index (χ2n) is 5.62. The third kappa shape index (κ3) is 3.47. The SMILES string of the molecule is CCOc1c(N)cccc1C(=O)N1CCCN(C)CC1C. The third-order valence-corrected chi connectivity index (χ3v) is 3.87. The standard InChI is InChI=1S/C16H25N3O2/c1-4-21-15-13(7-5-8-14(15)17)16(20)19-10-6-9-18(3)11-12(19)2/h5,7-8,12H,4,6,9-11,17H2,1-3H3. The highest BCUT2D eigenvalue weighted by atomic mass is 16.5. The Balaban J connectivity index is 2.28. The first-order chi connectivity index (χ1) is 10.0. The number of para-hydroxylation sites is 1. The van der Waals surface area contributed by atoms with Gasteiger partial charge < -0.3 is 20.3 Å². The number of ether oxygens (including phenoxy) is 1. The van der Waals surface area contributed by atoms with Crippen LogP contribution in [0.15, 0.2) is 18.2 Å². The average molecular weight is 291 g/mol. The van der Waals surface area contributed by atoms with Gasteiger partial charge in [-0.3, -0.25) is 4.79 Å². The van der Waals surface area contributed by atoms with Crippen LogP contribution in [-0.4, -0.2) is 55.0 Å². The Hall–Kier alpha value is -1.75. The molecular formula is C16H25N3O2. The monoisotopic (exact) mass is 291 g/mol. The van der Waals surface area contributed by atoms with Crippen LogP contribution in [0.1, 0.15) is 30.6 Å². The van der Waals surface area contributed by atoms with Crippen LogP contribution >= 0.6 is 0 Å². The third-order valence-electron chi connectivity index (χ3n) is 3.87. The van der Waals surface area contributed by atoms with E-state index in [9.17, 15) is 4.79 Å². The predicted octanol–water partition coefficient (Wildman–Crippen LogP) is 1.83. The molecule has 1 heterocycles. The van der Waals surface area contributed by atoms with Crippen LogP contribution in [0.4, 0.5) is 5.69 Å². The van der Waals surface area contributed by atoms with Crippen LogP contribution in [0, 0.1) is 0 Å². The zero-order valence-corrected chi connectivity index (χ0v) is 13.1. The van der Waals surface area contributed by atoms with Crippen LogP contribution in [0.25, 0.3) is 0 Å². The molecule has 1 aliphatic rings. The van der Waals surface area contributed by atoms with Gasteiger partial charge in [0.1, 0.15) is 0 Å². The Kier molecular flexibility index (Phi) is 5.07. The molecule has 0 spiro atoms. The number of nitrogens with zero attached hydrogens (tertiary/aromatic N) is 2. The topological polar surface area (TPSA) is 58.8 Å². The van der Waals surface area contributed by atoms with Gasteiger partial charge in [0.2, 0.25) is 0 Å². The fourth-order valence-electron chi connectivity index (χ4n) is 2.86. The first-order valence-corrected chi connectivity index (χ1v) is 7.55. The van der Waals surface area contributed by atoms with Crippen molar-refractivity contribution in [3.63, 3.8) is 0 Å².